The van der Waals surface area contributed by atoms with E-state index < -0.39 is 5.82 Å². The van der Waals surface area contributed by atoms with Crippen LogP contribution in [0.5, 0.6) is 0 Å². The van der Waals surface area contributed by atoms with Crippen LogP contribution in [0.15, 0.2) is 47.0 Å². The molecule has 120 valence electrons. The predicted molar refractivity (Wildman–Crippen MR) is 88.1 cm³/mol. The summed E-state index contributed by atoms with van der Waals surface area (Å²) in [7, 11) is 0. The Hall–Kier alpha value is -2.91. The van der Waals surface area contributed by atoms with Crippen LogP contribution in [0, 0.1) is 17.1 Å². The predicted octanol–water partition coefficient (Wildman–Crippen LogP) is 4.06. The van der Waals surface area contributed by atoms with Gasteiger partial charge in [-0.2, -0.15) is 10.2 Å². The molecule has 0 aliphatic rings. The highest BCUT2D eigenvalue weighted by Gasteiger charge is 2.10. The highest BCUT2D eigenvalue weighted by Crippen LogP contribution is 2.20. The van der Waals surface area contributed by atoms with Crippen LogP contribution in [0.3, 0.4) is 0 Å². The van der Waals surface area contributed by atoms with Gasteiger partial charge in [0.2, 0.25) is 11.7 Å². The number of nitrogens with zero attached hydrogens (tertiary/aromatic N) is 3. The molecule has 7 heteroatoms. The van der Waals surface area contributed by atoms with Gasteiger partial charge in [-0.05, 0) is 36.4 Å². The fraction of sp³-hybridized carbons (Fsp3) is 0.118. The van der Waals surface area contributed by atoms with Gasteiger partial charge in [-0.15, -0.1) is 0 Å². The first-order chi connectivity index (χ1) is 11.7. The minimum absolute atomic E-state index is 0.00937. The number of benzene rings is 2. The first kappa shape index (κ1) is 16.0. The number of halogens is 2. The Bertz CT molecular complexity index is 886. The van der Waals surface area contributed by atoms with Gasteiger partial charge in [-0.1, -0.05) is 22.8 Å². The average molecular weight is 343 g/mol. The Balaban J connectivity index is 1.63. The number of nitriles is 1. The number of anilines is 1. The normalized spacial score (nSPS) is 10.4. The first-order valence-electron chi connectivity index (χ1n) is 7.18. The second-order valence-electron chi connectivity index (χ2n) is 4.97. The fourth-order valence-electron chi connectivity index (χ4n) is 2.16. The third-order valence-electron chi connectivity index (χ3n) is 3.35. The zero-order valence-corrected chi connectivity index (χ0v) is 13.2. The van der Waals surface area contributed by atoms with Crippen LogP contribution in [0.2, 0.25) is 5.02 Å². The first-order valence-corrected chi connectivity index (χ1v) is 7.56. The Morgan fingerprint density at radius 2 is 2.00 bits per heavy atom. The lowest BCUT2D eigenvalue weighted by Gasteiger charge is -2.06. The van der Waals surface area contributed by atoms with Gasteiger partial charge >= 0.3 is 0 Å². The summed E-state index contributed by atoms with van der Waals surface area (Å²) in [6.45, 7) is 0.431. The van der Waals surface area contributed by atoms with Crippen LogP contribution in [0.1, 0.15) is 11.5 Å². The molecular formula is C17H12ClFN4O. The Labute approximate surface area is 142 Å². The summed E-state index contributed by atoms with van der Waals surface area (Å²) in [6, 6.07) is 13.4. The number of rotatable bonds is 5. The second-order valence-corrected chi connectivity index (χ2v) is 5.41. The van der Waals surface area contributed by atoms with Crippen LogP contribution >= 0.6 is 11.6 Å². The van der Waals surface area contributed by atoms with Gasteiger partial charge in [-0.25, -0.2) is 4.39 Å². The number of nitrogens with one attached hydrogen (secondary N) is 1. The SMILES string of the molecule is N#Cc1c(F)cccc1NCCc1nc(-c2ccc(Cl)cc2)no1. The van der Waals surface area contributed by atoms with Crippen molar-refractivity contribution in [3.8, 4) is 17.5 Å². The molecule has 0 aliphatic heterocycles. The molecule has 0 unspecified atom stereocenters. The van der Waals surface area contributed by atoms with E-state index in [1.807, 2.05) is 6.07 Å². The van der Waals surface area contributed by atoms with Crippen molar-refractivity contribution in [3.05, 3.63) is 64.8 Å². The molecule has 2 aromatic carbocycles. The van der Waals surface area contributed by atoms with Crippen LogP contribution < -0.4 is 5.32 Å². The summed E-state index contributed by atoms with van der Waals surface area (Å²) >= 11 is 5.84. The van der Waals surface area contributed by atoms with Gasteiger partial charge in [-0.3, -0.25) is 0 Å². The van der Waals surface area contributed by atoms with Crippen molar-refractivity contribution in [2.75, 3.05) is 11.9 Å². The van der Waals surface area contributed by atoms with Gasteiger partial charge in [0.15, 0.2) is 0 Å². The van der Waals surface area contributed by atoms with Gasteiger partial charge < -0.3 is 9.84 Å². The maximum Gasteiger partial charge on any atom is 0.228 e. The Morgan fingerprint density at radius 1 is 1.21 bits per heavy atom. The van der Waals surface area contributed by atoms with Crippen molar-refractivity contribution >= 4 is 17.3 Å². The molecule has 24 heavy (non-hydrogen) atoms. The quantitative estimate of drug-likeness (QED) is 0.757. The summed E-state index contributed by atoms with van der Waals surface area (Å²) in [6.07, 6.45) is 0.446. The van der Waals surface area contributed by atoms with E-state index in [1.165, 1.54) is 6.07 Å². The molecule has 0 radical (unpaired) electrons. The second kappa shape index (κ2) is 7.11. The number of hydrogen-bond acceptors (Lipinski definition) is 5. The zero-order chi connectivity index (χ0) is 16.9. The van der Waals surface area contributed by atoms with Crippen LogP contribution in [-0.2, 0) is 6.42 Å². The van der Waals surface area contributed by atoms with Crippen molar-refractivity contribution in [1.29, 1.82) is 5.26 Å². The molecular weight excluding hydrogens is 331 g/mol. The minimum Gasteiger partial charge on any atom is -0.383 e. The van der Waals surface area contributed by atoms with E-state index >= 15 is 0 Å². The van der Waals surface area contributed by atoms with Gasteiger partial charge in [0, 0.05) is 23.6 Å². The summed E-state index contributed by atoms with van der Waals surface area (Å²) < 4.78 is 18.7. The van der Waals surface area contributed by atoms with Crippen molar-refractivity contribution in [1.82, 2.24) is 10.1 Å². The largest absolute Gasteiger partial charge is 0.383 e. The van der Waals surface area contributed by atoms with Crippen LogP contribution in [0.25, 0.3) is 11.4 Å². The maximum atomic E-state index is 13.5. The highest BCUT2D eigenvalue weighted by atomic mass is 35.5. The molecule has 0 amide bonds. The van der Waals surface area contributed by atoms with E-state index in [0.717, 1.165) is 5.56 Å². The molecule has 0 aliphatic carbocycles. The average Bonchev–Trinajstić information content (AvgIpc) is 3.04. The topological polar surface area (TPSA) is 74.7 Å². The summed E-state index contributed by atoms with van der Waals surface area (Å²) in [4.78, 5) is 4.30. The third-order valence-corrected chi connectivity index (χ3v) is 3.60. The lowest BCUT2D eigenvalue weighted by Crippen LogP contribution is -2.07. The van der Waals surface area contributed by atoms with Gasteiger partial charge in [0.25, 0.3) is 0 Å². The van der Waals surface area contributed by atoms with Crippen LogP contribution in [0.4, 0.5) is 10.1 Å². The van der Waals surface area contributed by atoms with Crippen molar-refractivity contribution in [2.45, 2.75) is 6.42 Å². The molecule has 3 aromatic rings. The highest BCUT2D eigenvalue weighted by molar-refractivity contribution is 6.30. The molecule has 0 fully saturated rings. The lowest BCUT2D eigenvalue weighted by molar-refractivity contribution is 0.381. The molecule has 1 N–H and O–H groups in total. The van der Waals surface area contributed by atoms with E-state index in [2.05, 4.69) is 15.5 Å². The number of hydrogen-bond donors (Lipinski definition) is 1. The molecule has 0 atom stereocenters. The van der Waals surface area contributed by atoms with Gasteiger partial charge in [0.1, 0.15) is 17.4 Å². The molecule has 0 bridgehead atoms. The number of aromatic nitrogens is 2. The molecule has 1 heterocycles. The van der Waals surface area contributed by atoms with Crippen molar-refractivity contribution in [2.24, 2.45) is 0 Å². The van der Waals surface area contributed by atoms with Crippen molar-refractivity contribution < 1.29 is 8.91 Å². The molecule has 0 saturated carbocycles. The van der Waals surface area contributed by atoms with Crippen molar-refractivity contribution in [3.63, 3.8) is 0 Å². The van der Waals surface area contributed by atoms with E-state index in [4.69, 9.17) is 21.4 Å². The Morgan fingerprint density at radius 3 is 2.75 bits per heavy atom. The summed E-state index contributed by atoms with van der Waals surface area (Å²) in [5.74, 6) is 0.373. The molecule has 0 saturated heterocycles. The fourth-order valence-corrected chi connectivity index (χ4v) is 2.29. The summed E-state index contributed by atoms with van der Waals surface area (Å²) in [5, 5.41) is 16.5. The monoisotopic (exact) mass is 342 g/mol. The maximum absolute atomic E-state index is 13.5. The van der Waals surface area contributed by atoms with E-state index in [1.54, 1.807) is 36.4 Å². The third kappa shape index (κ3) is 3.53. The molecule has 5 nitrogen and oxygen atoms in total. The Kier molecular flexibility index (Phi) is 4.73. The van der Waals surface area contributed by atoms with E-state index in [9.17, 15) is 4.39 Å². The zero-order valence-electron chi connectivity index (χ0n) is 12.5. The molecule has 0 spiro atoms. The standard InChI is InChI=1S/C17H12ClFN4O/c18-12-6-4-11(5-7-12)17-22-16(24-23-17)8-9-21-15-3-1-2-14(19)13(15)10-20/h1-7,21H,8-9H2. The van der Waals surface area contributed by atoms with Crippen LogP contribution in [-0.4, -0.2) is 16.7 Å². The minimum atomic E-state index is -0.551. The molecule has 3 rings (SSSR count). The molecule has 1 aromatic heterocycles. The smallest absolute Gasteiger partial charge is 0.228 e. The lowest BCUT2D eigenvalue weighted by atomic mass is 10.2. The van der Waals surface area contributed by atoms with E-state index in [-0.39, 0.29) is 5.56 Å². The summed E-state index contributed by atoms with van der Waals surface area (Å²) in [5.41, 5.74) is 1.24. The van der Waals surface area contributed by atoms with E-state index in [0.29, 0.717) is 35.4 Å². The van der Waals surface area contributed by atoms with Gasteiger partial charge in [0.05, 0.1) is 5.69 Å².